The van der Waals surface area contributed by atoms with Crippen LogP contribution in [0.3, 0.4) is 0 Å². The summed E-state index contributed by atoms with van der Waals surface area (Å²) in [6.07, 6.45) is -0.856. The zero-order chi connectivity index (χ0) is 19.1. The molecule has 1 unspecified atom stereocenters. The van der Waals surface area contributed by atoms with E-state index < -0.39 is 11.0 Å². The van der Waals surface area contributed by atoms with Crippen molar-refractivity contribution in [2.45, 2.75) is 20.0 Å². The average molecular weight is 358 g/mol. The van der Waals surface area contributed by atoms with Gasteiger partial charge in [-0.05, 0) is 49.2 Å². The summed E-state index contributed by atoms with van der Waals surface area (Å²) in [5, 5.41) is 23.5. The molecule has 0 saturated heterocycles. The molecule has 138 valence electrons. The number of nitro benzene ring substituents is 1. The normalized spacial score (nSPS) is 12.5. The van der Waals surface area contributed by atoms with Gasteiger partial charge in [-0.1, -0.05) is 6.07 Å². The van der Waals surface area contributed by atoms with Crippen LogP contribution in [-0.2, 0) is 0 Å². The van der Waals surface area contributed by atoms with Crippen LogP contribution in [-0.4, -0.2) is 35.2 Å². The number of aliphatic hydroxyl groups excluding tert-OH is 1. The molecule has 0 aliphatic rings. The summed E-state index contributed by atoms with van der Waals surface area (Å²) in [4.78, 5) is 14.2. The van der Waals surface area contributed by atoms with Crippen molar-refractivity contribution in [3.8, 4) is 5.75 Å². The number of hydrogen-bond acceptors (Lipinski definition) is 5. The lowest BCUT2D eigenvalue weighted by molar-refractivity contribution is -0.384. The maximum atomic E-state index is 10.6. The molecule has 4 N–H and O–H groups in total. The predicted molar refractivity (Wildman–Crippen MR) is 101 cm³/mol. The molecule has 0 saturated carbocycles. The third-order valence-corrected chi connectivity index (χ3v) is 3.74. The Hall–Kier alpha value is -3.13. The summed E-state index contributed by atoms with van der Waals surface area (Å²) < 4.78 is 5.38. The predicted octanol–water partition coefficient (Wildman–Crippen LogP) is 2.38. The molecular formula is C18H22N4O4. The number of aliphatic imine (C=N–C) groups is 1. The van der Waals surface area contributed by atoms with Gasteiger partial charge in [-0.15, -0.1) is 0 Å². The molecule has 0 bridgehead atoms. The van der Waals surface area contributed by atoms with E-state index in [0.717, 1.165) is 11.3 Å². The Labute approximate surface area is 151 Å². The Morgan fingerprint density at radius 3 is 2.58 bits per heavy atom. The maximum Gasteiger partial charge on any atom is 0.269 e. The van der Waals surface area contributed by atoms with E-state index in [9.17, 15) is 15.2 Å². The highest BCUT2D eigenvalue weighted by Gasteiger charge is 2.08. The van der Waals surface area contributed by atoms with E-state index in [4.69, 9.17) is 10.5 Å². The van der Waals surface area contributed by atoms with Gasteiger partial charge in [-0.2, -0.15) is 0 Å². The van der Waals surface area contributed by atoms with E-state index in [1.54, 1.807) is 0 Å². The standard InChI is InChI=1S/C18H22N4O4/c1-12-3-4-14(9-13(12)2)21-18(19)20-10-16(23)11-26-17-7-5-15(6-8-17)22(24)25/h3-9,16,23H,10-11H2,1-2H3,(H3,19,20,21). The van der Waals surface area contributed by atoms with Gasteiger partial charge in [0.25, 0.3) is 5.69 Å². The Kier molecular flexibility index (Phi) is 6.51. The van der Waals surface area contributed by atoms with Gasteiger partial charge in [0.2, 0.25) is 0 Å². The number of hydrogen-bond donors (Lipinski definition) is 3. The first-order valence-electron chi connectivity index (χ1n) is 8.04. The molecule has 0 amide bonds. The van der Waals surface area contributed by atoms with E-state index in [1.165, 1.54) is 29.8 Å². The van der Waals surface area contributed by atoms with Crippen LogP contribution < -0.4 is 15.8 Å². The van der Waals surface area contributed by atoms with Crippen molar-refractivity contribution in [1.82, 2.24) is 0 Å². The Balaban J connectivity index is 1.81. The number of nitrogens with one attached hydrogen (secondary N) is 1. The SMILES string of the molecule is Cc1ccc(NC(N)=NCC(O)COc2ccc([N+](=O)[O-])cc2)cc1C. The number of aryl methyl sites for hydroxylation is 2. The van der Waals surface area contributed by atoms with Gasteiger partial charge in [-0.3, -0.25) is 15.1 Å². The molecule has 1 atom stereocenters. The number of benzene rings is 2. The molecule has 2 aromatic carbocycles. The molecule has 0 radical (unpaired) electrons. The fraction of sp³-hybridized carbons (Fsp3) is 0.278. The van der Waals surface area contributed by atoms with Crippen molar-refractivity contribution in [2.24, 2.45) is 10.7 Å². The number of anilines is 1. The smallest absolute Gasteiger partial charge is 0.269 e. The van der Waals surface area contributed by atoms with Gasteiger partial charge >= 0.3 is 0 Å². The molecule has 2 rings (SSSR count). The molecule has 8 heteroatoms. The van der Waals surface area contributed by atoms with Gasteiger partial charge in [0, 0.05) is 17.8 Å². The number of nitrogens with two attached hydrogens (primary N) is 1. The molecule has 0 heterocycles. The van der Waals surface area contributed by atoms with Crippen molar-refractivity contribution in [1.29, 1.82) is 0 Å². The molecule has 26 heavy (non-hydrogen) atoms. The fourth-order valence-electron chi connectivity index (χ4n) is 2.12. The van der Waals surface area contributed by atoms with E-state index >= 15 is 0 Å². The second-order valence-corrected chi connectivity index (χ2v) is 5.87. The molecule has 2 aromatic rings. The second kappa shape index (κ2) is 8.82. The third-order valence-electron chi connectivity index (χ3n) is 3.74. The molecule has 0 aliphatic carbocycles. The lowest BCUT2D eigenvalue weighted by atomic mass is 10.1. The average Bonchev–Trinajstić information content (AvgIpc) is 2.61. The topological polar surface area (TPSA) is 123 Å². The fourth-order valence-corrected chi connectivity index (χ4v) is 2.12. The Morgan fingerprint density at radius 1 is 1.27 bits per heavy atom. The largest absolute Gasteiger partial charge is 0.491 e. The van der Waals surface area contributed by atoms with Crippen LogP contribution in [0.25, 0.3) is 0 Å². The summed E-state index contributed by atoms with van der Waals surface area (Å²) in [6.45, 7) is 4.10. The number of nitro groups is 1. The maximum absolute atomic E-state index is 10.6. The number of aliphatic hydroxyl groups is 1. The van der Waals surface area contributed by atoms with Crippen molar-refractivity contribution in [3.63, 3.8) is 0 Å². The van der Waals surface area contributed by atoms with E-state index in [2.05, 4.69) is 10.3 Å². The van der Waals surface area contributed by atoms with Crippen molar-refractivity contribution in [3.05, 3.63) is 63.7 Å². The van der Waals surface area contributed by atoms with Crippen molar-refractivity contribution in [2.75, 3.05) is 18.5 Å². The van der Waals surface area contributed by atoms with E-state index in [1.807, 2.05) is 32.0 Å². The van der Waals surface area contributed by atoms with Crippen molar-refractivity contribution < 1.29 is 14.8 Å². The van der Waals surface area contributed by atoms with Crippen molar-refractivity contribution >= 4 is 17.3 Å². The first-order chi connectivity index (χ1) is 12.3. The van der Waals surface area contributed by atoms with Crippen LogP contribution in [0.2, 0.25) is 0 Å². The van der Waals surface area contributed by atoms with Gasteiger partial charge in [-0.25, -0.2) is 0 Å². The van der Waals surface area contributed by atoms with E-state index in [0.29, 0.717) is 5.75 Å². The number of ether oxygens (including phenoxy) is 1. The van der Waals surface area contributed by atoms with Gasteiger partial charge in [0.15, 0.2) is 5.96 Å². The first kappa shape index (κ1) is 19.2. The summed E-state index contributed by atoms with van der Waals surface area (Å²) in [5.41, 5.74) is 8.95. The van der Waals surface area contributed by atoms with Gasteiger partial charge < -0.3 is 20.9 Å². The first-order valence-corrected chi connectivity index (χ1v) is 8.04. The second-order valence-electron chi connectivity index (χ2n) is 5.87. The molecular weight excluding hydrogens is 336 g/mol. The van der Waals surface area contributed by atoms with Crippen LogP contribution in [0.15, 0.2) is 47.5 Å². The van der Waals surface area contributed by atoms with Crippen LogP contribution in [0, 0.1) is 24.0 Å². The van der Waals surface area contributed by atoms with Crippen LogP contribution in [0.5, 0.6) is 5.75 Å². The van der Waals surface area contributed by atoms with E-state index in [-0.39, 0.29) is 24.8 Å². The number of non-ortho nitro benzene ring substituents is 1. The number of rotatable bonds is 7. The minimum Gasteiger partial charge on any atom is -0.491 e. The van der Waals surface area contributed by atoms with Crippen LogP contribution in [0.4, 0.5) is 11.4 Å². The minimum atomic E-state index is -0.856. The van der Waals surface area contributed by atoms with Crippen LogP contribution >= 0.6 is 0 Å². The summed E-state index contributed by atoms with van der Waals surface area (Å²) >= 11 is 0. The monoisotopic (exact) mass is 358 g/mol. The Morgan fingerprint density at radius 2 is 1.96 bits per heavy atom. The molecule has 0 aliphatic heterocycles. The number of guanidine groups is 1. The lowest BCUT2D eigenvalue weighted by Gasteiger charge is -2.12. The highest BCUT2D eigenvalue weighted by atomic mass is 16.6. The lowest BCUT2D eigenvalue weighted by Crippen LogP contribution is -2.27. The summed E-state index contributed by atoms with van der Waals surface area (Å²) in [6, 6.07) is 11.5. The highest BCUT2D eigenvalue weighted by molar-refractivity contribution is 5.92. The molecule has 0 aromatic heterocycles. The minimum absolute atomic E-state index is 0.00176. The third kappa shape index (κ3) is 5.75. The summed E-state index contributed by atoms with van der Waals surface area (Å²) in [5.74, 6) is 0.627. The van der Waals surface area contributed by atoms with Crippen LogP contribution in [0.1, 0.15) is 11.1 Å². The highest BCUT2D eigenvalue weighted by Crippen LogP contribution is 2.17. The molecule has 0 fully saturated rings. The Bertz CT molecular complexity index is 790. The van der Waals surface area contributed by atoms with Gasteiger partial charge in [0.05, 0.1) is 11.5 Å². The molecule has 0 spiro atoms. The van der Waals surface area contributed by atoms with Gasteiger partial charge in [0.1, 0.15) is 18.5 Å². The summed E-state index contributed by atoms with van der Waals surface area (Å²) in [7, 11) is 0. The zero-order valence-corrected chi connectivity index (χ0v) is 14.7. The quantitative estimate of drug-likeness (QED) is 0.302. The molecule has 8 nitrogen and oxygen atoms in total. The number of nitrogens with zero attached hydrogens (tertiary/aromatic N) is 2. The zero-order valence-electron chi connectivity index (χ0n) is 14.7.